The van der Waals surface area contributed by atoms with E-state index in [-0.39, 0.29) is 10.8 Å². The van der Waals surface area contributed by atoms with Gasteiger partial charge in [-0.05, 0) is 56.0 Å². The fraction of sp³-hybridized carbons (Fsp3) is 0.238. The summed E-state index contributed by atoms with van der Waals surface area (Å²) >= 11 is 6.03. The zero-order valence-corrected chi connectivity index (χ0v) is 16.1. The molecule has 0 amide bonds. The smallest absolute Gasteiger partial charge is 0.361 e. The number of benzene rings is 1. The number of halogens is 4. The number of aliphatic imine (C=N–C) groups is 1. The zero-order chi connectivity index (χ0) is 20.5. The molecular weight excluding hydrogens is 389 g/mol. The Hall–Kier alpha value is -2.60. The fourth-order valence-corrected chi connectivity index (χ4v) is 3.17. The maximum atomic E-state index is 12.6. The van der Waals surface area contributed by atoms with Gasteiger partial charge in [-0.25, -0.2) is 0 Å². The van der Waals surface area contributed by atoms with Crippen LogP contribution in [0.4, 0.5) is 13.2 Å². The van der Waals surface area contributed by atoms with E-state index in [4.69, 9.17) is 11.6 Å². The molecule has 0 aromatic heterocycles. The van der Waals surface area contributed by atoms with Crippen LogP contribution in [0.5, 0.6) is 0 Å². The van der Waals surface area contributed by atoms with Crippen LogP contribution in [0.1, 0.15) is 31.4 Å². The van der Waals surface area contributed by atoms with E-state index in [0.29, 0.717) is 35.5 Å². The Balaban J connectivity index is 1.66. The van der Waals surface area contributed by atoms with Crippen molar-refractivity contribution in [3.05, 3.63) is 81.3 Å². The molecule has 0 unspecified atom stereocenters. The van der Waals surface area contributed by atoms with E-state index in [1.165, 1.54) is 12.1 Å². The highest BCUT2D eigenvalue weighted by atomic mass is 35.5. The second-order valence-corrected chi connectivity index (χ2v) is 6.98. The minimum atomic E-state index is -4.32. The van der Waals surface area contributed by atoms with Gasteiger partial charge in [0.15, 0.2) is 0 Å². The molecule has 2 heterocycles. The van der Waals surface area contributed by atoms with E-state index < -0.39 is 11.7 Å². The van der Waals surface area contributed by atoms with Crippen molar-refractivity contribution in [2.75, 3.05) is 0 Å². The Morgan fingerprint density at radius 2 is 1.75 bits per heavy atom. The quantitative estimate of drug-likeness (QED) is 0.678. The van der Waals surface area contributed by atoms with E-state index in [9.17, 15) is 18.0 Å². The first-order valence-electron chi connectivity index (χ1n) is 8.67. The predicted octanol–water partition coefficient (Wildman–Crippen LogP) is 5.45. The number of Topliss-reactive ketones (excluding diaryl/α,β-unsaturated/α-hetero) is 1. The first-order valence-corrected chi connectivity index (χ1v) is 9.05. The number of nitrogens with one attached hydrogen (secondary N) is 1. The minimum Gasteiger partial charge on any atom is -0.361 e. The van der Waals surface area contributed by atoms with Crippen LogP contribution in [0.25, 0.3) is 0 Å². The van der Waals surface area contributed by atoms with E-state index in [1.807, 2.05) is 6.08 Å². The van der Waals surface area contributed by atoms with Crippen LogP contribution in [0, 0.1) is 0 Å². The van der Waals surface area contributed by atoms with Gasteiger partial charge in [0.05, 0.1) is 28.2 Å². The van der Waals surface area contributed by atoms with Gasteiger partial charge in [0.1, 0.15) is 5.03 Å². The number of rotatable bonds is 3. The van der Waals surface area contributed by atoms with Gasteiger partial charge in [-0.3, -0.25) is 9.79 Å². The number of dihydropyridines is 1. The number of alkyl halides is 3. The van der Waals surface area contributed by atoms with Gasteiger partial charge in [-0.2, -0.15) is 13.2 Å². The lowest BCUT2D eigenvalue weighted by atomic mass is 9.97. The van der Waals surface area contributed by atoms with Crippen LogP contribution in [0.3, 0.4) is 0 Å². The van der Waals surface area contributed by atoms with Crippen LogP contribution in [-0.4, -0.2) is 11.5 Å². The van der Waals surface area contributed by atoms with Crippen LogP contribution >= 0.6 is 11.6 Å². The maximum Gasteiger partial charge on any atom is 0.416 e. The van der Waals surface area contributed by atoms with E-state index >= 15 is 0 Å². The van der Waals surface area contributed by atoms with E-state index in [2.05, 4.69) is 10.3 Å². The van der Waals surface area contributed by atoms with Crippen molar-refractivity contribution >= 4 is 23.1 Å². The number of carbonyl (C=O) groups excluding carboxylic acids is 1. The van der Waals surface area contributed by atoms with Crippen molar-refractivity contribution in [3.8, 4) is 0 Å². The van der Waals surface area contributed by atoms with Crippen molar-refractivity contribution in [2.45, 2.75) is 32.9 Å². The molecular formula is C21H18ClF3N2O. The monoisotopic (exact) mass is 406 g/mol. The number of ketones is 1. The Kier molecular flexibility index (Phi) is 5.61. The molecule has 1 aromatic rings. The standard InChI is InChI=1S/C21H18ClF3N2O/c1-12-18(20(28)19(22)13(2)27-12)17-10-7-15(11-26-17)4-3-14-5-8-16(9-6-14)21(23,24)25/h5-11,26H,3-4H2,1-2H3. The normalized spacial score (nSPS) is 20.1. The molecule has 146 valence electrons. The topological polar surface area (TPSA) is 41.5 Å². The summed E-state index contributed by atoms with van der Waals surface area (Å²) in [6, 6.07) is 5.18. The zero-order valence-electron chi connectivity index (χ0n) is 15.3. The summed E-state index contributed by atoms with van der Waals surface area (Å²) in [6.45, 7) is 3.45. The SMILES string of the molecule is CC1=NC(C)=C(Cl)C(=O)C1=C1C=CC(CCc2ccc(C(F)(F)F)cc2)=CN1. The molecule has 0 spiro atoms. The third-order valence-electron chi connectivity index (χ3n) is 4.57. The van der Waals surface area contributed by atoms with Crippen molar-refractivity contribution in [2.24, 2.45) is 4.99 Å². The summed E-state index contributed by atoms with van der Waals surface area (Å²) in [5, 5.41) is 3.21. The molecule has 0 radical (unpaired) electrons. The van der Waals surface area contributed by atoms with Crippen molar-refractivity contribution < 1.29 is 18.0 Å². The molecule has 0 bridgehead atoms. The third-order valence-corrected chi connectivity index (χ3v) is 5.02. The summed E-state index contributed by atoms with van der Waals surface area (Å²) in [6.07, 6.45) is 2.39. The van der Waals surface area contributed by atoms with Crippen molar-refractivity contribution in [3.63, 3.8) is 0 Å². The minimum absolute atomic E-state index is 0.111. The maximum absolute atomic E-state index is 12.6. The lowest BCUT2D eigenvalue weighted by Crippen LogP contribution is -2.23. The van der Waals surface area contributed by atoms with Crippen LogP contribution in [0.15, 0.2) is 75.2 Å². The molecule has 7 heteroatoms. The lowest BCUT2D eigenvalue weighted by Gasteiger charge is -2.19. The fourth-order valence-electron chi connectivity index (χ4n) is 3.03. The number of hydrogen-bond acceptors (Lipinski definition) is 3. The van der Waals surface area contributed by atoms with Crippen LogP contribution in [-0.2, 0) is 17.4 Å². The molecule has 0 saturated heterocycles. The number of carbonyl (C=O) groups is 1. The summed E-state index contributed by atoms with van der Waals surface area (Å²) in [4.78, 5) is 16.7. The Morgan fingerprint density at radius 3 is 2.32 bits per heavy atom. The Morgan fingerprint density at radius 1 is 1.07 bits per heavy atom. The van der Waals surface area contributed by atoms with Gasteiger partial charge in [0.25, 0.3) is 0 Å². The van der Waals surface area contributed by atoms with Gasteiger partial charge < -0.3 is 5.32 Å². The second-order valence-electron chi connectivity index (χ2n) is 6.61. The molecule has 0 aliphatic carbocycles. The number of allylic oxidation sites excluding steroid dienone is 6. The van der Waals surface area contributed by atoms with Gasteiger partial charge in [0.2, 0.25) is 5.78 Å². The van der Waals surface area contributed by atoms with Crippen molar-refractivity contribution in [1.82, 2.24) is 5.32 Å². The van der Waals surface area contributed by atoms with Crippen LogP contribution < -0.4 is 5.32 Å². The molecule has 0 saturated carbocycles. The molecule has 0 fully saturated rings. The summed E-state index contributed by atoms with van der Waals surface area (Å²) in [5.74, 6) is -0.263. The average molecular weight is 407 g/mol. The molecule has 1 N–H and O–H groups in total. The van der Waals surface area contributed by atoms with Gasteiger partial charge in [-0.1, -0.05) is 29.8 Å². The van der Waals surface area contributed by atoms with E-state index in [0.717, 1.165) is 23.3 Å². The molecule has 3 rings (SSSR count). The summed E-state index contributed by atoms with van der Waals surface area (Å²) in [5.41, 5.74) is 3.30. The first kappa shape index (κ1) is 20.1. The Labute approximate surface area is 166 Å². The second kappa shape index (κ2) is 7.80. The molecule has 28 heavy (non-hydrogen) atoms. The highest BCUT2D eigenvalue weighted by molar-refractivity contribution is 6.50. The number of aryl methyl sites for hydroxylation is 1. The Bertz CT molecular complexity index is 960. The van der Waals surface area contributed by atoms with Gasteiger partial charge in [-0.15, -0.1) is 0 Å². The molecule has 1 aromatic carbocycles. The molecule has 3 nitrogen and oxygen atoms in total. The highest BCUT2D eigenvalue weighted by Gasteiger charge is 2.30. The number of hydrogen-bond donors (Lipinski definition) is 1. The van der Waals surface area contributed by atoms with E-state index in [1.54, 1.807) is 26.1 Å². The number of nitrogens with zero attached hydrogens (tertiary/aromatic N) is 1. The van der Waals surface area contributed by atoms with Crippen molar-refractivity contribution in [1.29, 1.82) is 0 Å². The summed E-state index contributed by atoms with van der Waals surface area (Å²) < 4.78 is 37.8. The first-order chi connectivity index (χ1) is 13.2. The average Bonchev–Trinajstić information content (AvgIpc) is 2.65. The predicted molar refractivity (Wildman–Crippen MR) is 104 cm³/mol. The molecule has 0 atom stereocenters. The van der Waals surface area contributed by atoms with Gasteiger partial charge in [0, 0.05) is 6.20 Å². The molecule has 2 aliphatic rings. The largest absolute Gasteiger partial charge is 0.416 e. The third kappa shape index (κ3) is 4.28. The highest BCUT2D eigenvalue weighted by Crippen LogP contribution is 2.30. The lowest BCUT2D eigenvalue weighted by molar-refractivity contribution is -0.137. The molecule has 2 aliphatic heterocycles. The van der Waals surface area contributed by atoms with Crippen LogP contribution in [0.2, 0.25) is 0 Å². The van der Waals surface area contributed by atoms with Gasteiger partial charge >= 0.3 is 6.18 Å². The summed E-state index contributed by atoms with van der Waals surface area (Å²) in [7, 11) is 0.